The van der Waals surface area contributed by atoms with Crippen LogP contribution in [0.15, 0.2) is 24.3 Å². The monoisotopic (exact) mass is 261 g/mol. The molecular formula is C16H23NO2. The third-order valence-corrected chi connectivity index (χ3v) is 3.61. The van der Waals surface area contributed by atoms with E-state index in [2.05, 4.69) is 24.4 Å². The van der Waals surface area contributed by atoms with Crippen LogP contribution in [-0.2, 0) is 22.5 Å². The van der Waals surface area contributed by atoms with Crippen LogP contribution in [0, 0.1) is 0 Å². The van der Waals surface area contributed by atoms with Gasteiger partial charge < -0.3 is 10.1 Å². The van der Waals surface area contributed by atoms with Crippen molar-refractivity contribution in [2.45, 2.75) is 51.6 Å². The number of fused-ring (bicyclic) bond motifs is 1. The number of unbranched alkanes of at least 4 members (excludes halogenated alkanes) is 3. The van der Waals surface area contributed by atoms with E-state index in [1.54, 1.807) is 0 Å². The van der Waals surface area contributed by atoms with E-state index in [-0.39, 0.29) is 12.0 Å². The van der Waals surface area contributed by atoms with Gasteiger partial charge in [-0.15, -0.1) is 0 Å². The molecule has 0 radical (unpaired) electrons. The van der Waals surface area contributed by atoms with E-state index in [9.17, 15) is 4.79 Å². The molecule has 0 bridgehead atoms. The van der Waals surface area contributed by atoms with Crippen molar-refractivity contribution in [1.82, 2.24) is 5.32 Å². The van der Waals surface area contributed by atoms with Crippen LogP contribution in [0.5, 0.6) is 0 Å². The van der Waals surface area contributed by atoms with Gasteiger partial charge in [0.15, 0.2) is 0 Å². The molecule has 1 atom stereocenters. The largest absolute Gasteiger partial charge is 0.465 e. The number of ether oxygens (including phenoxy) is 1. The average Bonchev–Trinajstić information content (AvgIpc) is 2.46. The van der Waals surface area contributed by atoms with Crippen LogP contribution in [0.1, 0.15) is 43.7 Å². The third kappa shape index (κ3) is 4.06. The van der Waals surface area contributed by atoms with Crippen molar-refractivity contribution in [2.75, 3.05) is 6.61 Å². The molecule has 0 fully saturated rings. The minimum Gasteiger partial charge on any atom is -0.465 e. The number of esters is 1. The Bertz CT molecular complexity index is 417. The maximum absolute atomic E-state index is 12.0. The Morgan fingerprint density at radius 1 is 1.26 bits per heavy atom. The number of carbonyl (C=O) groups is 1. The summed E-state index contributed by atoms with van der Waals surface area (Å²) in [4.78, 5) is 12.0. The summed E-state index contributed by atoms with van der Waals surface area (Å²) >= 11 is 0. The van der Waals surface area contributed by atoms with E-state index in [1.165, 1.54) is 24.0 Å². The lowest BCUT2D eigenvalue weighted by Crippen LogP contribution is -2.42. The Morgan fingerprint density at radius 3 is 2.84 bits per heavy atom. The highest BCUT2D eigenvalue weighted by atomic mass is 16.5. The summed E-state index contributed by atoms with van der Waals surface area (Å²) < 4.78 is 5.34. The topological polar surface area (TPSA) is 38.3 Å². The Hall–Kier alpha value is -1.35. The van der Waals surface area contributed by atoms with Crippen molar-refractivity contribution in [1.29, 1.82) is 0 Å². The number of carbonyl (C=O) groups excluding carboxylic acids is 1. The maximum atomic E-state index is 12.0. The molecule has 1 N–H and O–H groups in total. The Balaban J connectivity index is 1.76. The molecule has 1 aliphatic rings. The molecule has 1 heterocycles. The summed E-state index contributed by atoms with van der Waals surface area (Å²) in [5, 5.41) is 3.25. The predicted molar refractivity (Wildman–Crippen MR) is 75.9 cm³/mol. The standard InChI is InChI=1S/C16H23NO2/c1-2-3-4-7-10-19-16(18)15-11-13-8-5-6-9-14(13)12-17-15/h5-6,8-9,15,17H,2-4,7,10-12H2,1H3/t15-/m0/s1. The zero-order valence-corrected chi connectivity index (χ0v) is 11.7. The van der Waals surface area contributed by atoms with Crippen molar-refractivity contribution in [3.8, 4) is 0 Å². The molecule has 0 unspecified atom stereocenters. The van der Waals surface area contributed by atoms with Crippen molar-refractivity contribution in [3.05, 3.63) is 35.4 Å². The van der Waals surface area contributed by atoms with Crippen molar-refractivity contribution >= 4 is 5.97 Å². The molecule has 0 saturated heterocycles. The van der Waals surface area contributed by atoms with Crippen molar-refractivity contribution < 1.29 is 9.53 Å². The van der Waals surface area contributed by atoms with E-state index < -0.39 is 0 Å². The van der Waals surface area contributed by atoms with Crippen LogP contribution in [0.3, 0.4) is 0 Å². The van der Waals surface area contributed by atoms with E-state index in [4.69, 9.17) is 4.74 Å². The first kappa shape index (κ1) is 14.1. The van der Waals surface area contributed by atoms with E-state index in [0.29, 0.717) is 6.61 Å². The molecule has 0 aliphatic carbocycles. The Morgan fingerprint density at radius 2 is 2.05 bits per heavy atom. The molecule has 0 amide bonds. The molecule has 1 aromatic rings. The molecule has 104 valence electrons. The molecule has 3 nitrogen and oxygen atoms in total. The van der Waals surface area contributed by atoms with Gasteiger partial charge in [0.2, 0.25) is 0 Å². The highest BCUT2D eigenvalue weighted by Gasteiger charge is 2.24. The maximum Gasteiger partial charge on any atom is 0.323 e. The van der Waals surface area contributed by atoms with Crippen LogP contribution in [0.2, 0.25) is 0 Å². The fraction of sp³-hybridized carbons (Fsp3) is 0.562. The van der Waals surface area contributed by atoms with Crippen LogP contribution < -0.4 is 5.32 Å². The minimum absolute atomic E-state index is 0.106. The fourth-order valence-corrected chi connectivity index (χ4v) is 2.42. The summed E-state index contributed by atoms with van der Waals surface area (Å²) in [5.41, 5.74) is 2.55. The zero-order valence-electron chi connectivity index (χ0n) is 11.7. The van der Waals surface area contributed by atoms with Crippen LogP contribution in [0.4, 0.5) is 0 Å². The van der Waals surface area contributed by atoms with Crippen molar-refractivity contribution in [2.24, 2.45) is 0 Å². The van der Waals surface area contributed by atoms with Gasteiger partial charge in [-0.3, -0.25) is 4.79 Å². The number of hydrogen-bond acceptors (Lipinski definition) is 3. The molecule has 1 aliphatic heterocycles. The number of hydrogen-bond donors (Lipinski definition) is 1. The van der Waals surface area contributed by atoms with Gasteiger partial charge in [-0.2, -0.15) is 0 Å². The molecule has 0 spiro atoms. The SMILES string of the molecule is CCCCCCOC(=O)[C@@H]1Cc2ccccc2CN1. The molecule has 19 heavy (non-hydrogen) atoms. The van der Waals surface area contributed by atoms with Gasteiger partial charge in [0.1, 0.15) is 6.04 Å². The van der Waals surface area contributed by atoms with Gasteiger partial charge in [0.25, 0.3) is 0 Å². The Kier molecular flexibility index (Phi) is 5.40. The molecule has 1 aromatic carbocycles. The molecule has 3 heteroatoms. The van der Waals surface area contributed by atoms with Gasteiger partial charge in [0, 0.05) is 6.54 Å². The highest BCUT2D eigenvalue weighted by Crippen LogP contribution is 2.16. The first-order valence-corrected chi connectivity index (χ1v) is 7.28. The van der Waals surface area contributed by atoms with E-state index in [1.807, 2.05) is 12.1 Å². The third-order valence-electron chi connectivity index (χ3n) is 3.61. The van der Waals surface area contributed by atoms with Crippen molar-refractivity contribution in [3.63, 3.8) is 0 Å². The normalized spacial score (nSPS) is 17.8. The summed E-state index contributed by atoms with van der Waals surface area (Å²) in [7, 11) is 0. The summed E-state index contributed by atoms with van der Waals surface area (Å²) in [6, 6.07) is 8.08. The molecule has 0 saturated carbocycles. The van der Waals surface area contributed by atoms with Crippen LogP contribution >= 0.6 is 0 Å². The lowest BCUT2D eigenvalue weighted by molar-refractivity contribution is -0.146. The number of nitrogens with one attached hydrogen (secondary N) is 1. The van der Waals surface area contributed by atoms with Gasteiger partial charge in [-0.25, -0.2) is 0 Å². The smallest absolute Gasteiger partial charge is 0.323 e. The van der Waals surface area contributed by atoms with E-state index >= 15 is 0 Å². The Labute approximate surface area is 115 Å². The number of benzene rings is 1. The second kappa shape index (κ2) is 7.29. The second-order valence-electron chi connectivity index (χ2n) is 5.13. The average molecular weight is 261 g/mol. The number of rotatable bonds is 6. The van der Waals surface area contributed by atoms with Gasteiger partial charge in [-0.05, 0) is 24.0 Å². The fourth-order valence-electron chi connectivity index (χ4n) is 2.42. The first-order chi connectivity index (χ1) is 9.31. The molecule has 0 aromatic heterocycles. The van der Waals surface area contributed by atoms with Gasteiger partial charge >= 0.3 is 5.97 Å². The van der Waals surface area contributed by atoms with Gasteiger partial charge in [-0.1, -0.05) is 50.5 Å². The highest BCUT2D eigenvalue weighted by molar-refractivity contribution is 5.76. The van der Waals surface area contributed by atoms with E-state index in [0.717, 1.165) is 25.8 Å². The summed E-state index contributed by atoms with van der Waals surface area (Å²) in [6.07, 6.45) is 5.28. The summed E-state index contributed by atoms with van der Waals surface area (Å²) in [5.74, 6) is -0.106. The quantitative estimate of drug-likeness (QED) is 0.632. The lowest BCUT2D eigenvalue weighted by atomic mass is 9.96. The van der Waals surface area contributed by atoms with Crippen LogP contribution in [-0.4, -0.2) is 18.6 Å². The molecule has 2 rings (SSSR count). The zero-order chi connectivity index (χ0) is 13.5. The minimum atomic E-state index is -0.180. The predicted octanol–water partition coefficient (Wildman–Crippen LogP) is 2.82. The lowest BCUT2D eigenvalue weighted by Gasteiger charge is -2.24. The van der Waals surface area contributed by atoms with Crippen LogP contribution in [0.25, 0.3) is 0 Å². The second-order valence-corrected chi connectivity index (χ2v) is 5.13. The summed E-state index contributed by atoms with van der Waals surface area (Å²) in [6.45, 7) is 3.49. The van der Waals surface area contributed by atoms with Gasteiger partial charge in [0.05, 0.1) is 6.61 Å². The molecular weight excluding hydrogens is 238 g/mol. The first-order valence-electron chi connectivity index (χ1n) is 7.28.